The molecule has 330 valence electrons. The number of alkyl carbamates (subject to hydrolysis) is 1. The first kappa shape index (κ1) is 45.3. The normalized spacial score (nSPS) is 22.5. The summed E-state index contributed by atoms with van der Waals surface area (Å²) in [5, 5.41) is 6.24. The summed E-state index contributed by atoms with van der Waals surface area (Å²) in [6, 6.07) is 14.4. The molecule has 16 heteroatoms. The molecular formula is C45H59N5O10S. The summed E-state index contributed by atoms with van der Waals surface area (Å²) in [4.78, 5) is 62.8. The first-order valence-corrected chi connectivity index (χ1v) is 22.1. The van der Waals surface area contributed by atoms with Crippen LogP contribution in [0.15, 0.2) is 67.3 Å². The van der Waals surface area contributed by atoms with Crippen LogP contribution in [0.1, 0.15) is 81.1 Å². The molecule has 1 aromatic heterocycles. The number of carbonyl (C=O) groups excluding carboxylic acids is 4. The van der Waals surface area contributed by atoms with E-state index in [1.807, 2.05) is 42.5 Å². The number of ether oxygens (including phenoxy) is 4. The average Bonchev–Trinajstić information content (AvgIpc) is 4.09. The Hall–Kier alpha value is -5.22. The fourth-order valence-electron chi connectivity index (χ4n) is 7.56. The van der Waals surface area contributed by atoms with Crippen molar-refractivity contribution in [1.29, 1.82) is 0 Å². The number of pyridine rings is 1. The molecule has 1 aliphatic heterocycles. The van der Waals surface area contributed by atoms with E-state index >= 15 is 0 Å². The zero-order chi connectivity index (χ0) is 44.7. The fourth-order valence-corrected chi connectivity index (χ4v) is 9.06. The van der Waals surface area contributed by atoms with Crippen LogP contribution in [-0.4, -0.2) is 103 Å². The number of sulfonamides is 1. The third-order valence-corrected chi connectivity index (χ3v) is 13.4. The molecule has 2 aliphatic carbocycles. The van der Waals surface area contributed by atoms with Gasteiger partial charge in [-0.1, -0.05) is 57.2 Å². The van der Waals surface area contributed by atoms with E-state index in [4.69, 9.17) is 23.9 Å². The Kier molecular flexibility index (Phi) is 12.6. The fraction of sp³-hybridized carbons (Fsp3) is 0.533. The number of benzene rings is 2. The van der Waals surface area contributed by atoms with Crippen LogP contribution in [0, 0.1) is 11.3 Å². The van der Waals surface area contributed by atoms with Crippen molar-refractivity contribution in [3.05, 3.63) is 67.3 Å². The average molecular weight is 862 g/mol. The Bertz CT molecular complexity index is 2280. The Morgan fingerprint density at radius 3 is 2.28 bits per heavy atom. The monoisotopic (exact) mass is 861 g/mol. The molecule has 2 saturated carbocycles. The Labute approximate surface area is 358 Å². The molecular weight excluding hydrogens is 803 g/mol. The van der Waals surface area contributed by atoms with Gasteiger partial charge in [0.2, 0.25) is 21.8 Å². The van der Waals surface area contributed by atoms with Gasteiger partial charge in [0.25, 0.3) is 5.91 Å². The van der Waals surface area contributed by atoms with E-state index in [2.05, 4.69) is 21.9 Å². The van der Waals surface area contributed by atoms with E-state index in [-0.39, 0.29) is 32.1 Å². The van der Waals surface area contributed by atoms with Crippen molar-refractivity contribution in [1.82, 2.24) is 25.2 Å². The second-order valence-electron chi connectivity index (χ2n) is 18.7. The van der Waals surface area contributed by atoms with Crippen LogP contribution in [0.3, 0.4) is 0 Å². The molecule has 6 rings (SSSR count). The highest BCUT2D eigenvalue weighted by atomic mass is 32.2. The van der Waals surface area contributed by atoms with Crippen molar-refractivity contribution in [3.63, 3.8) is 0 Å². The van der Waals surface area contributed by atoms with Crippen molar-refractivity contribution in [3.8, 4) is 22.8 Å². The molecule has 2 aromatic carbocycles. The van der Waals surface area contributed by atoms with E-state index in [1.165, 1.54) is 11.0 Å². The van der Waals surface area contributed by atoms with E-state index in [0.29, 0.717) is 40.9 Å². The van der Waals surface area contributed by atoms with Gasteiger partial charge in [-0.25, -0.2) is 18.2 Å². The topological polar surface area (TPSA) is 192 Å². The van der Waals surface area contributed by atoms with Gasteiger partial charge in [0.1, 0.15) is 45.6 Å². The Morgan fingerprint density at radius 2 is 1.70 bits per heavy atom. The summed E-state index contributed by atoms with van der Waals surface area (Å²) in [5.41, 5.74) is -1.28. The zero-order valence-electron chi connectivity index (χ0n) is 36.5. The number of nitrogens with zero attached hydrogens (tertiary/aromatic N) is 2. The van der Waals surface area contributed by atoms with E-state index < -0.39 is 79.2 Å². The number of hydrogen-bond acceptors (Lipinski definition) is 11. The lowest BCUT2D eigenvalue weighted by atomic mass is 9.85. The molecule has 3 aliphatic rings. The summed E-state index contributed by atoms with van der Waals surface area (Å²) in [6.45, 7) is 17.8. The molecule has 3 N–H and O–H groups in total. The molecule has 3 aromatic rings. The van der Waals surface area contributed by atoms with Gasteiger partial charge in [-0.05, 0) is 71.4 Å². The zero-order valence-corrected chi connectivity index (χ0v) is 37.3. The van der Waals surface area contributed by atoms with Crippen LogP contribution in [0.5, 0.6) is 11.5 Å². The maximum Gasteiger partial charge on any atom is 0.408 e. The van der Waals surface area contributed by atoms with Gasteiger partial charge in [-0.3, -0.25) is 19.1 Å². The highest BCUT2D eigenvalue weighted by molar-refractivity contribution is 7.91. The molecule has 0 bridgehead atoms. The maximum absolute atomic E-state index is 14.8. The molecule has 1 saturated heterocycles. The molecule has 2 heterocycles. The number of aromatic nitrogens is 1. The number of nitrogens with one attached hydrogen (secondary N) is 3. The molecule has 61 heavy (non-hydrogen) atoms. The van der Waals surface area contributed by atoms with Crippen molar-refractivity contribution in [2.24, 2.45) is 11.3 Å². The quantitative estimate of drug-likeness (QED) is 0.160. The third kappa shape index (κ3) is 9.96. The number of methoxy groups -OCH3 is 1. The van der Waals surface area contributed by atoms with Crippen LogP contribution >= 0.6 is 0 Å². The van der Waals surface area contributed by atoms with Crippen molar-refractivity contribution in [2.45, 2.75) is 121 Å². The number of likely N-dealkylation sites (tertiary alicyclic amines) is 1. The van der Waals surface area contributed by atoms with E-state index in [1.54, 1.807) is 74.6 Å². The van der Waals surface area contributed by atoms with E-state index in [0.717, 1.165) is 5.56 Å². The van der Waals surface area contributed by atoms with Gasteiger partial charge in [0.05, 0.1) is 37.6 Å². The molecule has 0 unspecified atom stereocenters. The number of amides is 4. The molecule has 3 fully saturated rings. The molecule has 0 radical (unpaired) electrons. The van der Waals surface area contributed by atoms with Crippen molar-refractivity contribution >= 4 is 44.7 Å². The highest BCUT2D eigenvalue weighted by Crippen LogP contribution is 2.48. The minimum Gasteiger partial charge on any atom is -0.497 e. The first-order valence-electron chi connectivity index (χ1n) is 20.7. The highest BCUT2D eigenvalue weighted by Gasteiger charge is 2.64. The summed E-state index contributed by atoms with van der Waals surface area (Å²) in [5.74, 6) is -1.70. The summed E-state index contributed by atoms with van der Waals surface area (Å²) < 4.78 is 51.6. The largest absolute Gasteiger partial charge is 0.497 e. The summed E-state index contributed by atoms with van der Waals surface area (Å²) in [7, 11) is -2.63. The minimum absolute atomic E-state index is 0.00802. The predicted octanol–water partition coefficient (Wildman–Crippen LogP) is 5.66. The first-order chi connectivity index (χ1) is 28.5. The van der Waals surface area contributed by atoms with Gasteiger partial charge in [-0.15, -0.1) is 6.58 Å². The third-order valence-electron chi connectivity index (χ3n) is 11.3. The Balaban J connectivity index is 1.33. The van der Waals surface area contributed by atoms with Crippen molar-refractivity contribution in [2.75, 3.05) is 20.3 Å². The number of hydrogen-bond donors (Lipinski definition) is 3. The van der Waals surface area contributed by atoms with Crippen molar-refractivity contribution < 1.29 is 46.5 Å². The lowest BCUT2D eigenvalue weighted by molar-refractivity contribution is -0.143. The second-order valence-corrected chi connectivity index (χ2v) is 20.7. The lowest BCUT2D eigenvalue weighted by Crippen LogP contribution is -2.60. The van der Waals surface area contributed by atoms with Gasteiger partial charge >= 0.3 is 6.09 Å². The lowest BCUT2D eigenvalue weighted by Gasteiger charge is -2.36. The molecule has 0 spiro atoms. The van der Waals surface area contributed by atoms with Crippen LogP contribution in [-0.2, 0) is 33.9 Å². The number of carbonyl (C=O) groups is 4. The van der Waals surface area contributed by atoms with Gasteiger partial charge in [0, 0.05) is 35.4 Å². The van der Waals surface area contributed by atoms with Gasteiger partial charge in [0.15, 0.2) is 0 Å². The molecule has 4 amide bonds. The van der Waals surface area contributed by atoms with Crippen LogP contribution in [0.25, 0.3) is 22.2 Å². The molecule has 15 nitrogen and oxygen atoms in total. The summed E-state index contributed by atoms with van der Waals surface area (Å²) >= 11 is 0. The van der Waals surface area contributed by atoms with Crippen LogP contribution in [0.2, 0.25) is 0 Å². The Morgan fingerprint density at radius 1 is 1.02 bits per heavy atom. The number of fused-ring (bicyclic) bond motifs is 1. The standard InChI is InChI=1S/C45H59N5O10S/c1-11-29-24-45(29,40(53)49-61(55,56)44(19-20-44)26-58-27(2)3)48-38(51)35-22-31(25-50(35)39(52)37(42(4,5)6)47-41(54)60-43(7,8)9)59-36-23-33(28-15-13-12-14-16-28)46-34-21-30(57-10)17-18-32(34)36/h11-18,21,23,27,29,31,35,37H,1,19-20,22,24-26H2,2-10H3,(H,47,54)(H,48,51)(H,49,53)/t29-,31+,35-,37+,45-/m0/s1. The van der Waals surface area contributed by atoms with Gasteiger partial charge < -0.3 is 34.5 Å². The van der Waals surface area contributed by atoms with Crippen LogP contribution < -0.4 is 24.8 Å². The number of rotatable bonds is 15. The van der Waals surface area contributed by atoms with E-state index in [9.17, 15) is 27.6 Å². The molecule has 5 atom stereocenters. The summed E-state index contributed by atoms with van der Waals surface area (Å²) in [6.07, 6.45) is 0.463. The smallest absolute Gasteiger partial charge is 0.408 e. The second kappa shape index (κ2) is 16.9. The minimum atomic E-state index is -4.20. The predicted molar refractivity (Wildman–Crippen MR) is 230 cm³/mol. The SMILES string of the molecule is C=C[C@H]1C[C@@]1(NC(=O)[C@@H]1C[C@@H](Oc2cc(-c3ccccc3)nc3cc(OC)ccc23)CN1C(=O)[C@@H](NC(=O)OC(C)(C)C)C(C)(C)C)C(=O)NS(=O)(=O)C1(COC(C)C)CC1. The maximum atomic E-state index is 14.8. The van der Waals surface area contributed by atoms with Gasteiger partial charge in [-0.2, -0.15) is 0 Å². The van der Waals surface area contributed by atoms with Crippen LogP contribution in [0.4, 0.5) is 4.79 Å².